The van der Waals surface area contributed by atoms with Gasteiger partial charge >= 0.3 is 0 Å². The second kappa shape index (κ2) is 7.12. The van der Waals surface area contributed by atoms with E-state index in [0.717, 1.165) is 27.8 Å². The summed E-state index contributed by atoms with van der Waals surface area (Å²) in [6.45, 7) is 0.634. The number of benzene rings is 3. The Morgan fingerprint density at radius 2 is 1.69 bits per heavy atom. The summed E-state index contributed by atoms with van der Waals surface area (Å²) in [4.78, 5) is 4.83. The van der Waals surface area contributed by atoms with Crippen molar-refractivity contribution in [2.45, 2.75) is 6.10 Å². The van der Waals surface area contributed by atoms with Crippen molar-refractivity contribution in [2.75, 3.05) is 18.4 Å². The number of fused-ring (bicyclic) bond motifs is 2. The maximum atomic E-state index is 9.79. The van der Waals surface area contributed by atoms with Crippen molar-refractivity contribution in [3.63, 3.8) is 0 Å². The third-order valence-corrected chi connectivity index (χ3v) is 4.56. The first kappa shape index (κ1) is 16.5. The Balaban J connectivity index is 1.81. The van der Waals surface area contributed by atoms with Crippen LogP contribution in [-0.4, -0.2) is 29.3 Å². The molecule has 0 bridgehead atoms. The highest BCUT2D eigenvalue weighted by molar-refractivity contribution is 5.95. The molecular formula is C22H21N3O. The number of pyridine rings is 1. The fourth-order valence-corrected chi connectivity index (χ4v) is 3.13. The number of anilines is 1. The summed E-state index contributed by atoms with van der Waals surface area (Å²) in [5.41, 5.74) is 9.36. The van der Waals surface area contributed by atoms with Gasteiger partial charge in [0.15, 0.2) is 0 Å². The van der Waals surface area contributed by atoms with Gasteiger partial charge < -0.3 is 16.2 Å². The number of hydrogen-bond acceptors (Lipinski definition) is 4. The number of hydrogen-bond donors (Lipinski definition) is 3. The Bertz CT molecular complexity index is 1060. The molecule has 4 N–H and O–H groups in total. The number of aliphatic hydroxyl groups excluding tert-OH is 1. The molecule has 0 radical (unpaired) electrons. The Labute approximate surface area is 152 Å². The minimum atomic E-state index is -0.578. The van der Waals surface area contributed by atoms with Crippen LogP contribution in [-0.2, 0) is 0 Å². The van der Waals surface area contributed by atoms with Gasteiger partial charge in [0.05, 0.1) is 17.3 Å². The first-order chi connectivity index (χ1) is 12.7. The number of aromatic nitrogens is 1. The van der Waals surface area contributed by atoms with Crippen LogP contribution in [0, 0.1) is 0 Å². The minimum absolute atomic E-state index is 0.230. The van der Waals surface area contributed by atoms with E-state index >= 15 is 0 Å². The van der Waals surface area contributed by atoms with Gasteiger partial charge in [-0.2, -0.15) is 0 Å². The predicted octanol–water partition coefficient (Wildman–Crippen LogP) is 3.79. The van der Waals surface area contributed by atoms with Crippen LogP contribution in [0.2, 0.25) is 0 Å². The number of nitrogens with two attached hydrogens (primary N) is 1. The second-order valence-electron chi connectivity index (χ2n) is 6.40. The lowest BCUT2D eigenvalue weighted by Gasteiger charge is -2.14. The molecule has 130 valence electrons. The van der Waals surface area contributed by atoms with Gasteiger partial charge in [0.2, 0.25) is 0 Å². The fraction of sp³-hybridized carbons (Fsp3) is 0.136. The Kier molecular flexibility index (Phi) is 4.52. The van der Waals surface area contributed by atoms with Crippen LogP contribution in [0.1, 0.15) is 0 Å². The minimum Gasteiger partial charge on any atom is -0.390 e. The number of rotatable bonds is 5. The topological polar surface area (TPSA) is 71.2 Å². The first-order valence-electron chi connectivity index (χ1n) is 8.75. The van der Waals surface area contributed by atoms with E-state index < -0.39 is 6.10 Å². The molecule has 3 aromatic carbocycles. The van der Waals surface area contributed by atoms with Crippen LogP contribution in [0.25, 0.3) is 32.9 Å². The molecule has 0 fully saturated rings. The Hall–Kier alpha value is -2.95. The fourth-order valence-electron chi connectivity index (χ4n) is 3.13. The lowest BCUT2D eigenvalue weighted by molar-refractivity contribution is 0.196. The third kappa shape index (κ3) is 3.25. The molecule has 0 saturated heterocycles. The molecule has 0 spiro atoms. The summed E-state index contributed by atoms with van der Waals surface area (Å²) in [6.07, 6.45) is -0.578. The van der Waals surface area contributed by atoms with Gasteiger partial charge in [-0.05, 0) is 29.0 Å². The van der Waals surface area contributed by atoms with Crippen LogP contribution < -0.4 is 11.1 Å². The number of aliphatic hydroxyl groups is 1. The van der Waals surface area contributed by atoms with E-state index in [0.29, 0.717) is 6.54 Å². The zero-order valence-electron chi connectivity index (χ0n) is 14.4. The van der Waals surface area contributed by atoms with E-state index in [-0.39, 0.29) is 6.54 Å². The average Bonchev–Trinajstić information content (AvgIpc) is 2.71. The molecule has 0 unspecified atom stereocenters. The molecule has 4 heteroatoms. The van der Waals surface area contributed by atoms with Gasteiger partial charge in [-0.1, -0.05) is 54.6 Å². The molecule has 1 heterocycles. The summed E-state index contributed by atoms with van der Waals surface area (Å²) in [5.74, 6) is 0. The molecule has 1 atom stereocenters. The SMILES string of the molecule is NC[C@H](O)CNc1cc(-c2ccc3ccccc3c2)nc2ccccc12. The van der Waals surface area contributed by atoms with Crippen molar-refractivity contribution in [1.82, 2.24) is 4.98 Å². The summed E-state index contributed by atoms with van der Waals surface area (Å²) in [6, 6.07) is 24.7. The second-order valence-corrected chi connectivity index (χ2v) is 6.40. The zero-order chi connectivity index (χ0) is 17.9. The van der Waals surface area contributed by atoms with Crippen molar-refractivity contribution < 1.29 is 5.11 Å². The Morgan fingerprint density at radius 3 is 2.54 bits per heavy atom. The molecule has 0 aliphatic rings. The number of nitrogens with zero attached hydrogens (tertiary/aromatic N) is 1. The van der Waals surface area contributed by atoms with E-state index in [9.17, 15) is 5.11 Å². The molecule has 0 aliphatic carbocycles. The van der Waals surface area contributed by atoms with E-state index in [1.54, 1.807) is 0 Å². The lowest BCUT2D eigenvalue weighted by Crippen LogP contribution is -2.27. The van der Waals surface area contributed by atoms with Gasteiger partial charge in [0.1, 0.15) is 0 Å². The quantitative estimate of drug-likeness (QED) is 0.516. The summed E-state index contributed by atoms with van der Waals surface area (Å²) in [7, 11) is 0. The average molecular weight is 343 g/mol. The highest BCUT2D eigenvalue weighted by Gasteiger charge is 2.09. The molecular weight excluding hydrogens is 322 g/mol. The van der Waals surface area contributed by atoms with Crippen LogP contribution in [0.4, 0.5) is 5.69 Å². The van der Waals surface area contributed by atoms with Gasteiger partial charge in [-0.25, -0.2) is 4.98 Å². The number of para-hydroxylation sites is 1. The van der Waals surface area contributed by atoms with Gasteiger partial charge in [-0.3, -0.25) is 0 Å². The zero-order valence-corrected chi connectivity index (χ0v) is 14.4. The molecule has 4 nitrogen and oxygen atoms in total. The molecule has 0 saturated carbocycles. The van der Waals surface area contributed by atoms with Crippen molar-refractivity contribution in [1.29, 1.82) is 0 Å². The van der Waals surface area contributed by atoms with Crippen LogP contribution in [0.5, 0.6) is 0 Å². The first-order valence-corrected chi connectivity index (χ1v) is 8.75. The maximum absolute atomic E-state index is 9.79. The monoisotopic (exact) mass is 343 g/mol. The van der Waals surface area contributed by atoms with E-state index in [1.165, 1.54) is 10.8 Å². The highest BCUT2D eigenvalue weighted by Crippen LogP contribution is 2.30. The largest absolute Gasteiger partial charge is 0.390 e. The predicted molar refractivity (Wildman–Crippen MR) is 108 cm³/mol. The maximum Gasteiger partial charge on any atom is 0.0834 e. The van der Waals surface area contributed by atoms with Crippen molar-refractivity contribution in [3.05, 3.63) is 72.8 Å². The lowest BCUT2D eigenvalue weighted by atomic mass is 10.0. The normalized spacial score (nSPS) is 12.4. The molecule has 26 heavy (non-hydrogen) atoms. The standard InChI is InChI=1S/C22H21N3O/c23-13-18(26)14-24-22-12-21(25-20-8-4-3-7-19(20)22)17-10-9-15-5-1-2-6-16(15)11-17/h1-12,18,26H,13-14,23H2,(H,24,25)/t18-/m0/s1. The van der Waals surface area contributed by atoms with Crippen molar-refractivity contribution in [2.24, 2.45) is 5.73 Å². The summed E-state index contributed by atoms with van der Waals surface area (Å²) in [5, 5.41) is 16.5. The summed E-state index contributed by atoms with van der Waals surface area (Å²) < 4.78 is 0. The highest BCUT2D eigenvalue weighted by atomic mass is 16.3. The van der Waals surface area contributed by atoms with Crippen molar-refractivity contribution >= 4 is 27.4 Å². The smallest absolute Gasteiger partial charge is 0.0834 e. The Morgan fingerprint density at radius 1 is 0.923 bits per heavy atom. The van der Waals surface area contributed by atoms with Crippen LogP contribution >= 0.6 is 0 Å². The van der Waals surface area contributed by atoms with Crippen molar-refractivity contribution in [3.8, 4) is 11.3 Å². The van der Waals surface area contributed by atoms with Gasteiger partial charge in [-0.15, -0.1) is 0 Å². The molecule has 1 aromatic heterocycles. The van der Waals surface area contributed by atoms with Gasteiger partial charge in [0.25, 0.3) is 0 Å². The van der Waals surface area contributed by atoms with Crippen LogP contribution in [0.15, 0.2) is 72.8 Å². The van der Waals surface area contributed by atoms with E-state index in [1.807, 2.05) is 42.5 Å². The third-order valence-electron chi connectivity index (χ3n) is 4.56. The number of nitrogens with one attached hydrogen (secondary N) is 1. The molecule has 0 amide bonds. The van der Waals surface area contributed by atoms with Crippen LogP contribution in [0.3, 0.4) is 0 Å². The molecule has 4 rings (SSSR count). The summed E-state index contributed by atoms with van der Waals surface area (Å²) >= 11 is 0. The molecule has 0 aliphatic heterocycles. The van der Waals surface area contributed by atoms with Gasteiger partial charge in [0, 0.05) is 29.7 Å². The van der Waals surface area contributed by atoms with E-state index in [4.69, 9.17) is 10.7 Å². The van der Waals surface area contributed by atoms with E-state index in [2.05, 4.69) is 35.6 Å². The molecule has 4 aromatic rings.